The third kappa shape index (κ3) is 4.26. The van der Waals surface area contributed by atoms with Crippen molar-refractivity contribution in [3.63, 3.8) is 0 Å². The average molecular weight is 337 g/mol. The minimum absolute atomic E-state index is 0.0573. The van der Waals surface area contributed by atoms with Crippen LogP contribution in [0.15, 0.2) is 0 Å². The van der Waals surface area contributed by atoms with Crippen molar-refractivity contribution >= 4 is 25.6 Å². The fraction of sp³-hybridized carbons (Fsp3) is 0.923. The van der Waals surface area contributed by atoms with E-state index in [4.69, 9.17) is 0 Å². The Morgan fingerprint density at radius 1 is 1.19 bits per heavy atom. The largest absolute Gasteiger partial charge is 0.298 e. The molecule has 0 N–H and O–H groups in total. The van der Waals surface area contributed by atoms with Crippen molar-refractivity contribution in [3.8, 4) is 0 Å². The van der Waals surface area contributed by atoms with Gasteiger partial charge in [-0.15, -0.1) is 0 Å². The van der Waals surface area contributed by atoms with Gasteiger partial charge in [0.15, 0.2) is 15.6 Å². The van der Waals surface area contributed by atoms with Crippen molar-refractivity contribution in [2.24, 2.45) is 5.92 Å². The standard InChI is InChI=1S/C13H23NO5S2/c1-20(16,17)14-7-4-5-11(10-14)9-12(15)13-6-2-3-8-21(13,18)19/h11,13H,2-10H2,1H3. The second-order valence-corrected chi connectivity index (χ2v) is 10.4. The predicted octanol–water partition coefficient (Wildman–Crippen LogP) is 0.584. The van der Waals surface area contributed by atoms with E-state index in [1.165, 1.54) is 10.6 Å². The molecule has 2 aliphatic rings. The number of carbonyl (C=O) groups is 1. The Morgan fingerprint density at radius 2 is 1.90 bits per heavy atom. The molecule has 2 rings (SSSR count). The number of rotatable bonds is 4. The van der Waals surface area contributed by atoms with E-state index in [2.05, 4.69) is 0 Å². The van der Waals surface area contributed by atoms with Crippen molar-refractivity contribution in [1.29, 1.82) is 0 Å². The van der Waals surface area contributed by atoms with Gasteiger partial charge in [-0.1, -0.05) is 6.42 Å². The van der Waals surface area contributed by atoms with Gasteiger partial charge in [0.25, 0.3) is 0 Å². The lowest BCUT2D eigenvalue weighted by Crippen LogP contribution is -2.42. The molecule has 2 fully saturated rings. The third-order valence-electron chi connectivity index (χ3n) is 4.38. The summed E-state index contributed by atoms with van der Waals surface area (Å²) in [6.07, 6.45) is 4.68. The van der Waals surface area contributed by atoms with Gasteiger partial charge in [-0.05, 0) is 31.6 Å². The van der Waals surface area contributed by atoms with E-state index in [0.29, 0.717) is 25.9 Å². The maximum atomic E-state index is 12.3. The van der Waals surface area contributed by atoms with E-state index < -0.39 is 25.1 Å². The van der Waals surface area contributed by atoms with Gasteiger partial charge >= 0.3 is 0 Å². The molecule has 21 heavy (non-hydrogen) atoms. The molecule has 2 aliphatic heterocycles. The molecule has 0 aromatic carbocycles. The minimum Gasteiger partial charge on any atom is -0.298 e. The van der Waals surface area contributed by atoms with Crippen LogP contribution in [0, 0.1) is 5.92 Å². The molecule has 0 radical (unpaired) electrons. The Balaban J connectivity index is 1.99. The molecule has 0 bridgehead atoms. The number of sulfonamides is 1. The molecule has 0 aromatic rings. The highest BCUT2D eigenvalue weighted by molar-refractivity contribution is 7.92. The van der Waals surface area contributed by atoms with Crippen LogP contribution in [0.1, 0.15) is 38.5 Å². The van der Waals surface area contributed by atoms with E-state index >= 15 is 0 Å². The zero-order chi connectivity index (χ0) is 15.7. The second kappa shape index (κ2) is 6.34. The summed E-state index contributed by atoms with van der Waals surface area (Å²) in [6.45, 7) is 0.822. The summed E-state index contributed by atoms with van der Waals surface area (Å²) < 4.78 is 48.5. The predicted molar refractivity (Wildman–Crippen MR) is 80.2 cm³/mol. The van der Waals surface area contributed by atoms with Crippen LogP contribution in [0.5, 0.6) is 0 Å². The quantitative estimate of drug-likeness (QED) is 0.749. The first-order valence-electron chi connectivity index (χ1n) is 7.39. The Hall–Kier alpha value is -0.470. The fourth-order valence-electron chi connectivity index (χ4n) is 3.23. The molecule has 2 atom stereocenters. The van der Waals surface area contributed by atoms with Gasteiger partial charge in [-0.3, -0.25) is 4.79 Å². The molecular formula is C13H23NO5S2. The summed E-state index contributed by atoms with van der Waals surface area (Å²) in [5, 5.41) is -0.861. The summed E-state index contributed by atoms with van der Waals surface area (Å²) in [5.74, 6) is -0.183. The molecule has 0 spiro atoms. The highest BCUT2D eigenvalue weighted by Gasteiger charge is 2.36. The highest BCUT2D eigenvalue weighted by Crippen LogP contribution is 2.26. The number of piperidine rings is 1. The first-order valence-corrected chi connectivity index (χ1v) is 11.0. The molecule has 122 valence electrons. The van der Waals surface area contributed by atoms with Gasteiger partial charge in [0, 0.05) is 19.5 Å². The maximum absolute atomic E-state index is 12.3. The first-order chi connectivity index (χ1) is 9.70. The molecule has 8 heteroatoms. The third-order valence-corrected chi connectivity index (χ3v) is 7.87. The van der Waals surface area contributed by atoms with Crippen LogP contribution < -0.4 is 0 Å². The maximum Gasteiger partial charge on any atom is 0.211 e. The van der Waals surface area contributed by atoms with Crippen molar-refractivity contribution in [2.75, 3.05) is 25.1 Å². The van der Waals surface area contributed by atoms with Gasteiger partial charge in [0.1, 0.15) is 5.25 Å². The first kappa shape index (κ1) is 16.9. The molecule has 2 heterocycles. The molecule has 2 unspecified atom stereocenters. The van der Waals surface area contributed by atoms with Gasteiger partial charge < -0.3 is 0 Å². The van der Waals surface area contributed by atoms with Crippen molar-refractivity contribution in [3.05, 3.63) is 0 Å². The van der Waals surface area contributed by atoms with Crippen molar-refractivity contribution < 1.29 is 21.6 Å². The summed E-state index contributed by atoms with van der Waals surface area (Å²) in [5.41, 5.74) is 0. The summed E-state index contributed by atoms with van der Waals surface area (Å²) >= 11 is 0. The topological polar surface area (TPSA) is 88.6 Å². The van der Waals surface area contributed by atoms with Crippen LogP contribution in [0.3, 0.4) is 0 Å². The van der Waals surface area contributed by atoms with E-state index in [1.54, 1.807) is 0 Å². The number of ketones is 1. The monoisotopic (exact) mass is 337 g/mol. The number of sulfone groups is 1. The van der Waals surface area contributed by atoms with Crippen molar-refractivity contribution in [2.45, 2.75) is 43.8 Å². The number of Topliss-reactive ketones (excluding diaryl/α,β-unsaturated/α-hetero) is 1. The minimum atomic E-state index is -3.30. The molecule has 0 amide bonds. The molecule has 0 aliphatic carbocycles. The lowest BCUT2D eigenvalue weighted by Gasteiger charge is -2.31. The normalized spacial score (nSPS) is 30.9. The van der Waals surface area contributed by atoms with Crippen LogP contribution in [0.4, 0.5) is 0 Å². The van der Waals surface area contributed by atoms with Crippen LogP contribution in [-0.2, 0) is 24.7 Å². The summed E-state index contributed by atoms with van der Waals surface area (Å²) in [4.78, 5) is 12.3. The Bertz CT molecular complexity index is 596. The Morgan fingerprint density at radius 3 is 2.52 bits per heavy atom. The second-order valence-electron chi connectivity index (χ2n) is 6.15. The molecule has 2 saturated heterocycles. The van der Waals surface area contributed by atoms with Gasteiger partial charge in [0.2, 0.25) is 10.0 Å². The lowest BCUT2D eigenvalue weighted by molar-refractivity contribution is -0.120. The van der Waals surface area contributed by atoms with Crippen LogP contribution in [0.2, 0.25) is 0 Å². The van der Waals surface area contributed by atoms with Crippen molar-refractivity contribution in [1.82, 2.24) is 4.31 Å². The number of hydrogen-bond donors (Lipinski definition) is 0. The fourth-order valence-corrected chi connectivity index (χ4v) is 6.08. The zero-order valence-electron chi connectivity index (χ0n) is 12.3. The molecule has 0 saturated carbocycles. The molecular weight excluding hydrogens is 314 g/mol. The van der Waals surface area contributed by atoms with Gasteiger partial charge in [0.05, 0.1) is 12.0 Å². The Kier molecular flexibility index (Phi) is 5.10. The summed E-state index contributed by atoms with van der Waals surface area (Å²) in [6, 6.07) is 0. The molecule has 6 nitrogen and oxygen atoms in total. The number of hydrogen-bond acceptors (Lipinski definition) is 5. The van der Waals surface area contributed by atoms with Gasteiger partial charge in [-0.25, -0.2) is 21.1 Å². The summed E-state index contributed by atoms with van der Waals surface area (Å²) in [7, 11) is -6.54. The van der Waals surface area contributed by atoms with E-state index in [9.17, 15) is 21.6 Å². The zero-order valence-corrected chi connectivity index (χ0v) is 14.0. The average Bonchev–Trinajstić information content (AvgIpc) is 2.37. The van der Waals surface area contributed by atoms with Crippen LogP contribution >= 0.6 is 0 Å². The Labute approximate surface area is 126 Å². The van der Waals surface area contributed by atoms with E-state index in [1.807, 2.05) is 0 Å². The van der Waals surface area contributed by atoms with Crippen LogP contribution in [-0.4, -0.2) is 57.3 Å². The number of nitrogens with zero attached hydrogens (tertiary/aromatic N) is 1. The number of carbonyl (C=O) groups excluding carboxylic acids is 1. The van der Waals surface area contributed by atoms with E-state index in [-0.39, 0.29) is 23.9 Å². The van der Waals surface area contributed by atoms with Gasteiger partial charge in [-0.2, -0.15) is 0 Å². The molecule has 0 aromatic heterocycles. The lowest BCUT2D eigenvalue weighted by atomic mass is 9.92. The highest BCUT2D eigenvalue weighted by atomic mass is 32.2. The van der Waals surface area contributed by atoms with Crippen LogP contribution in [0.25, 0.3) is 0 Å². The SMILES string of the molecule is CS(=O)(=O)N1CCCC(CC(=O)C2CCCCS2(=O)=O)C1. The smallest absolute Gasteiger partial charge is 0.211 e. The van der Waals surface area contributed by atoms with E-state index in [0.717, 1.165) is 19.3 Å².